The molecule has 0 unspecified atom stereocenters. The van der Waals surface area contributed by atoms with E-state index in [2.05, 4.69) is 56.6 Å². The van der Waals surface area contributed by atoms with Crippen molar-refractivity contribution in [3.63, 3.8) is 0 Å². The fraction of sp³-hybridized carbons (Fsp3) is 0.217. The molecular weight excluding hydrogens is 464 g/mol. The van der Waals surface area contributed by atoms with Gasteiger partial charge in [0.2, 0.25) is 0 Å². The number of rotatable bonds is 4. The zero-order chi connectivity index (χ0) is 19.8. The van der Waals surface area contributed by atoms with Crippen molar-refractivity contribution in [3.05, 3.63) is 79.4 Å². The van der Waals surface area contributed by atoms with Crippen molar-refractivity contribution < 1.29 is 0 Å². The Bertz CT molecular complexity index is 1260. The molecule has 2 aromatic heterocycles. The van der Waals surface area contributed by atoms with E-state index in [-0.39, 0.29) is 5.56 Å². The summed E-state index contributed by atoms with van der Waals surface area (Å²) in [5.41, 5.74) is 6.14. The van der Waals surface area contributed by atoms with E-state index in [0.29, 0.717) is 10.5 Å². The van der Waals surface area contributed by atoms with Crippen molar-refractivity contribution in [3.8, 4) is 11.1 Å². The van der Waals surface area contributed by atoms with Gasteiger partial charge >= 0.3 is 0 Å². The molecule has 1 aliphatic rings. The molecule has 6 heteroatoms. The normalized spacial score (nSPS) is 13.6. The van der Waals surface area contributed by atoms with Crippen LogP contribution in [-0.4, -0.2) is 9.97 Å². The van der Waals surface area contributed by atoms with Gasteiger partial charge in [0.1, 0.15) is 4.83 Å². The summed E-state index contributed by atoms with van der Waals surface area (Å²) in [6, 6.07) is 14.8. The summed E-state index contributed by atoms with van der Waals surface area (Å²) in [5, 5.41) is 3.44. The summed E-state index contributed by atoms with van der Waals surface area (Å²) >= 11 is 6.60. The van der Waals surface area contributed by atoms with Crippen molar-refractivity contribution in [1.82, 2.24) is 9.97 Å². The second-order valence-electron chi connectivity index (χ2n) is 7.31. The molecule has 0 aliphatic heterocycles. The lowest BCUT2D eigenvalue weighted by Gasteiger charge is -2.16. The summed E-state index contributed by atoms with van der Waals surface area (Å²) in [7, 11) is 0. The number of nitrogens with zero attached hydrogens (tertiary/aromatic N) is 1. The third-order valence-electron chi connectivity index (χ3n) is 5.35. The van der Waals surface area contributed by atoms with Crippen molar-refractivity contribution >= 4 is 49.2 Å². The highest BCUT2D eigenvalue weighted by atomic mass is 79.9. The number of benzene rings is 2. The van der Waals surface area contributed by atoms with Gasteiger partial charge in [0, 0.05) is 21.2 Å². The fourth-order valence-electron chi connectivity index (χ4n) is 3.89. The summed E-state index contributed by atoms with van der Waals surface area (Å²) in [6.45, 7) is 0. The van der Waals surface area contributed by atoms with E-state index in [9.17, 15) is 4.79 Å². The number of H-pyrrole nitrogens is 1. The number of thioether (sulfide) groups is 1. The zero-order valence-corrected chi connectivity index (χ0v) is 18.9. The molecule has 3 nitrogen and oxygen atoms in total. The van der Waals surface area contributed by atoms with E-state index in [1.165, 1.54) is 36.0 Å². The SMILES string of the molecule is O=c1[nH]c(SCc2cccc(Br)c2)nc2scc(-c3ccc4c(c3)CCCC4)c12. The third-order valence-corrected chi connectivity index (χ3v) is 7.66. The predicted molar refractivity (Wildman–Crippen MR) is 126 cm³/mol. The van der Waals surface area contributed by atoms with Gasteiger partial charge in [0.05, 0.1) is 5.39 Å². The maximum absolute atomic E-state index is 12.9. The molecule has 0 spiro atoms. The van der Waals surface area contributed by atoms with E-state index in [1.807, 2.05) is 12.1 Å². The average molecular weight is 483 g/mol. The highest BCUT2D eigenvalue weighted by Crippen LogP contribution is 2.34. The zero-order valence-electron chi connectivity index (χ0n) is 15.7. The molecule has 29 heavy (non-hydrogen) atoms. The number of halogens is 1. The molecule has 146 valence electrons. The number of aromatic amines is 1. The number of hydrogen-bond acceptors (Lipinski definition) is 4. The molecule has 0 radical (unpaired) electrons. The summed E-state index contributed by atoms with van der Waals surface area (Å²) in [6.07, 6.45) is 4.83. The van der Waals surface area contributed by atoms with Gasteiger partial charge in [-0.15, -0.1) is 11.3 Å². The minimum atomic E-state index is -0.0549. The molecule has 4 aromatic rings. The Morgan fingerprint density at radius 1 is 1.10 bits per heavy atom. The number of aromatic nitrogens is 2. The Hall–Kier alpha value is -1.89. The highest BCUT2D eigenvalue weighted by molar-refractivity contribution is 9.10. The quantitative estimate of drug-likeness (QED) is 0.263. The minimum Gasteiger partial charge on any atom is -0.301 e. The lowest BCUT2D eigenvalue weighted by molar-refractivity contribution is 0.686. The maximum atomic E-state index is 12.9. The Morgan fingerprint density at radius 3 is 2.83 bits per heavy atom. The highest BCUT2D eigenvalue weighted by Gasteiger charge is 2.16. The molecule has 0 amide bonds. The van der Waals surface area contributed by atoms with Crippen LogP contribution < -0.4 is 5.56 Å². The van der Waals surface area contributed by atoms with Crippen LogP contribution in [0.5, 0.6) is 0 Å². The number of thiophene rings is 1. The molecule has 2 heterocycles. The smallest absolute Gasteiger partial charge is 0.260 e. The van der Waals surface area contributed by atoms with Crippen molar-refractivity contribution in [2.24, 2.45) is 0 Å². The van der Waals surface area contributed by atoms with Crippen molar-refractivity contribution in [1.29, 1.82) is 0 Å². The molecule has 1 aliphatic carbocycles. The van der Waals surface area contributed by atoms with Crippen LogP contribution >= 0.6 is 39.0 Å². The largest absolute Gasteiger partial charge is 0.301 e. The van der Waals surface area contributed by atoms with E-state index in [0.717, 1.165) is 32.6 Å². The van der Waals surface area contributed by atoms with Crippen LogP contribution in [0.1, 0.15) is 29.5 Å². The maximum Gasteiger partial charge on any atom is 0.260 e. The monoisotopic (exact) mass is 482 g/mol. The first-order valence-corrected chi connectivity index (χ1v) is 12.3. The Balaban J connectivity index is 1.46. The number of aryl methyl sites for hydroxylation is 2. The van der Waals surface area contributed by atoms with E-state index < -0.39 is 0 Å². The Labute approximate surface area is 185 Å². The average Bonchev–Trinajstić information content (AvgIpc) is 3.17. The van der Waals surface area contributed by atoms with Crippen LogP contribution in [0.3, 0.4) is 0 Å². The molecule has 0 atom stereocenters. The minimum absolute atomic E-state index is 0.0549. The van der Waals surface area contributed by atoms with Crippen molar-refractivity contribution in [2.45, 2.75) is 36.6 Å². The predicted octanol–water partition coefficient (Wildman–Crippen LogP) is 6.59. The summed E-state index contributed by atoms with van der Waals surface area (Å²) in [4.78, 5) is 21.4. The van der Waals surface area contributed by atoms with Gasteiger partial charge in [-0.3, -0.25) is 4.79 Å². The van der Waals surface area contributed by atoms with Gasteiger partial charge in [0.15, 0.2) is 5.16 Å². The van der Waals surface area contributed by atoms with E-state index in [4.69, 9.17) is 4.98 Å². The molecular formula is C23H19BrN2OS2. The lowest BCUT2D eigenvalue weighted by Crippen LogP contribution is -2.09. The van der Waals surface area contributed by atoms with Crippen LogP contribution in [-0.2, 0) is 18.6 Å². The van der Waals surface area contributed by atoms with Gasteiger partial charge in [-0.05, 0) is 60.1 Å². The summed E-state index contributed by atoms with van der Waals surface area (Å²) in [5.74, 6) is 0.761. The number of nitrogens with one attached hydrogen (secondary N) is 1. The van der Waals surface area contributed by atoms with Gasteiger partial charge in [0.25, 0.3) is 5.56 Å². The molecule has 0 bridgehead atoms. The van der Waals surface area contributed by atoms with E-state index >= 15 is 0 Å². The standard InChI is InChI=1S/C23H19BrN2OS2/c24-18-7-3-4-14(10-18)12-29-23-25-21(27)20-19(13-28-22(20)26-23)17-9-8-15-5-1-2-6-16(15)11-17/h3-4,7-11,13H,1-2,5-6,12H2,(H,25,26,27). The van der Waals surface area contributed by atoms with Crippen LogP contribution in [0.15, 0.2) is 62.3 Å². The lowest BCUT2D eigenvalue weighted by atomic mass is 9.89. The Kier molecular flexibility index (Phi) is 5.33. The van der Waals surface area contributed by atoms with Crippen LogP contribution in [0, 0.1) is 0 Å². The molecule has 1 N–H and O–H groups in total. The van der Waals surface area contributed by atoms with Gasteiger partial charge in [-0.2, -0.15) is 0 Å². The third kappa shape index (κ3) is 3.93. The van der Waals surface area contributed by atoms with Crippen molar-refractivity contribution in [2.75, 3.05) is 0 Å². The fourth-order valence-corrected chi connectivity index (χ4v) is 6.15. The van der Waals surface area contributed by atoms with Crippen LogP contribution in [0.4, 0.5) is 0 Å². The number of fused-ring (bicyclic) bond motifs is 2. The number of hydrogen-bond donors (Lipinski definition) is 1. The first-order chi connectivity index (χ1) is 14.2. The first-order valence-electron chi connectivity index (χ1n) is 9.68. The molecule has 2 aromatic carbocycles. The van der Waals surface area contributed by atoms with E-state index in [1.54, 1.807) is 23.1 Å². The second kappa shape index (κ2) is 8.09. The summed E-state index contributed by atoms with van der Waals surface area (Å²) < 4.78 is 1.06. The second-order valence-corrected chi connectivity index (χ2v) is 10.0. The van der Waals surface area contributed by atoms with Gasteiger partial charge in [-0.25, -0.2) is 4.98 Å². The Morgan fingerprint density at radius 2 is 1.97 bits per heavy atom. The van der Waals surface area contributed by atoms with Gasteiger partial charge < -0.3 is 4.98 Å². The molecule has 0 fully saturated rings. The van der Waals surface area contributed by atoms with Gasteiger partial charge in [-0.1, -0.05) is 58.0 Å². The molecule has 0 saturated heterocycles. The topological polar surface area (TPSA) is 45.8 Å². The molecule has 5 rings (SSSR count). The first kappa shape index (κ1) is 19.1. The van der Waals surface area contributed by atoms with Crippen LogP contribution in [0.25, 0.3) is 21.3 Å². The van der Waals surface area contributed by atoms with Crippen LogP contribution in [0.2, 0.25) is 0 Å². The molecule has 0 saturated carbocycles.